The number of likely N-dealkylation sites (tertiary alicyclic amines) is 1. The summed E-state index contributed by atoms with van der Waals surface area (Å²) in [5.41, 5.74) is 7.67. The topological polar surface area (TPSA) is 55.0 Å². The van der Waals surface area contributed by atoms with Crippen LogP contribution in [0.1, 0.15) is 41.9 Å². The Balaban J connectivity index is 1.73. The van der Waals surface area contributed by atoms with E-state index < -0.39 is 0 Å². The molecule has 0 unspecified atom stereocenters. The maximum absolute atomic E-state index is 6.24. The van der Waals surface area contributed by atoms with Gasteiger partial charge in [-0.05, 0) is 57.2 Å². The van der Waals surface area contributed by atoms with Crippen LogP contribution in [0.4, 0.5) is 5.82 Å². The third-order valence-corrected chi connectivity index (χ3v) is 5.64. The van der Waals surface area contributed by atoms with Crippen LogP contribution >= 0.6 is 11.3 Å². The zero-order valence-electron chi connectivity index (χ0n) is 11.7. The molecule has 0 radical (unpaired) electrons. The highest BCUT2D eigenvalue weighted by atomic mass is 32.1. The lowest BCUT2D eigenvalue weighted by Gasteiger charge is -2.14. The van der Waals surface area contributed by atoms with Gasteiger partial charge in [0.05, 0.1) is 11.9 Å². The Morgan fingerprint density at radius 1 is 1.05 bits per heavy atom. The predicted octanol–water partition coefficient (Wildman–Crippen LogP) is 2.75. The van der Waals surface area contributed by atoms with Gasteiger partial charge in [-0.15, -0.1) is 11.3 Å². The van der Waals surface area contributed by atoms with Gasteiger partial charge in [-0.25, -0.2) is 9.97 Å². The van der Waals surface area contributed by atoms with Crippen molar-refractivity contribution < 1.29 is 0 Å². The van der Waals surface area contributed by atoms with Crippen molar-refractivity contribution in [3.63, 3.8) is 0 Å². The molecule has 106 valence electrons. The average Bonchev–Trinajstić information content (AvgIpc) is 3.05. The second-order valence-corrected chi connectivity index (χ2v) is 6.98. The molecule has 2 aromatic heterocycles. The van der Waals surface area contributed by atoms with Gasteiger partial charge in [-0.2, -0.15) is 0 Å². The summed E-state index contributed by atoms with van der Waals surface area (Å²) < 4.78 is 0. The van der Waals surface area contributed by atoms with Crippen LogP contribution in [-0.4, -0.2) is 28.0 Å². The summed E-state index contributed by atoms with van der Waals surface area (Å²) in [7, 11) is 0. The third-order valence-electron chi connectivity index (χ3n) is 4.45. The van der Waals surface area contributed by atoms with E-state index in [1.807, 2.05) is 11.3 Å². The fraction of sp³-hybridized carbons (Fsp3) is 0.600. The number of aryl methyl sites for hydroxylation is 2. The van der Waals surface area contributed by atoms with Crippen molar-refractivity contribution in [3.05, 3.63) is 16.3 Å². The first-order valence-corrected chi connectivity index (χ1v) is 8.42. The molecule has 1 aliphatic heterocycles. The lowest BCUT2D eigenvalue weighted by Crippen LogP contribution is -2.20. The van der Waals surface area contributed by atoms with Gasteiger partial charge < -0.3 is 5.73 Å². The van der Waals surface area contributed by atoms with E-state index in [0.717, 1.165) is 29.0 Å². The number of nitrogens with zero attached hydrogens (tertiary/aromatic N) is 3. The molecule has 20 heavy (non-hydrogen) atoms. The second kappa shape index (κ2) is 4.97. The fourth-order valence-electron chi connectivity index (χ4n) is 3.44. The molecular formula is C15H20N4S. The maximum Gasteiger partial charge on any atom is 0.146 e. The smallest absolute Gasteiger partial charge is 0.146 e. The number of nitrogens with two attached hydrogens (primary N) is 1. The molecule has 3 heterocycles. The molecule has 1 saturated heterocycles. The van der Waals surface area contributed by atoms with Gasteiger partial charge in [0.1, 0.15) is 16.5 Å². The summed E-state index contributed by atoms with van der Waals surface area (Å²) in [4.78, 5) is 14.4. The Morgan fingerprint density at radius 2 is 1.85 bits per heavy atom. The summed E-state index contributed by atoms with van der Waals surface area (Å²) in [6, 6.07) is 0. The molecule has 4 rings (SSSR count). The van der Waals surface area contributed by atoms with Crippen LogP contribution in [0.15, 0.2) is 0 Å². The van der Waals surface area contributed by atoms with Gasteiger partial charge in [0.15, 0.2) is 0 Å². The number of hydrogen-bond donors (Lipinski definition) is 1. The molecule has 0 spiro atoms. The van der Waals surface area contributed by atoms with Crippen molar-refractivity contribution in [2.75, 3.05) is 18.8 Å². The van der Waals surface area contributed by atoms with Crippen molar-refractivity contribution in [3.8, 4) is 0 Å². The minimum Gasteiger partial charge on any atom is -0.383 e. The molecule has 1 aliphatic carbocycles. The standard InChI is InChI=1S/C15H20N4S/c16-14-13-10-5-1-2-6-11(10)20-15(13)18-12(17-14)9-19-7-3-4-8-19/h1-9H2,(H2,16,17,18). The van der Waals surface area contributed by atoms with Gasteiger partial charge in [-0.3, -0.25) is 4.90 Å². The molecule has 0 saturated carbocycles. The highest BCUT2D eigenvalue weighted by Crippen LogP contribution is 2.37. The molecule has 0 bridgehead atoms. The normalized spacial score (nSPS) is 19.6. The Hall–Kier alpha value is -1.20. The molecule has 2 aliphatic rings. The van der Waals surface area contributed by atoms with Crippen molar-refractivity contribution >= 4 is 27.4 Å². The second-order valence-electron chi connectivity index (χ2n) is 5.90. The maximum atomic E-state index is 6.24. The summed E-state index contributed by atoms with van der Waals surface area (Å²) >= 11 is 1.84. The zero-order valence-corrected chi connectivity index (χ0v) is 12.5. The number of thiophene rings is 1. The van der Waals surface area contributed by atoms with Crippen molar-refractivity contribution in [1.29, 1.82) is 0 Å². The van der Waals surface area contributed by atoms with Crippen LogP contribution in [0.2, 0.25) is 0 Å². The lowest BCUT2D eigenvalue weighted by molar-refractivity contribution is 0.323. The van der Waals surface area contributed by atoms with Crippen LogP contribution in [0.5, 0.6) is 0 Å². The summed E-state index contributed by atoms with van der Waals surface area (Å²) in [5, 5.41) is 1.15. The Labute approximate surface area is 123 Å². The highest BCUT2D eigenvalue weighted by molar-refractivity contribution is 7.19. The van der Waals surface area contributed by atoms with E-state index in [1.165, 1.54) is 55.6 Å². The monoisotopic (exact) mass is 288 g/mol. The SMILES string of the molecule is Nc1nc(CN2CCCC2)nc2sc3c(c12)CCCC3. The van der Waals surface area contributed by atoms with E-state index in [1.54, 1.807) is 0 Å². The molecule has 0 aromatic carbocycles. The van der Waals surface area contributed by atoms with Crippen molar-refractivity contribution in [1.82, 2.24) is 14.9 Å². The number of anilines is 1. The number of nitrogen functional groups attached to an aromatic ring is 1. The fourth-order valence-corrected chi connectivity index (χ4v) is 4.73. The Kier molecular flexibility index (Phi) is 3.11. The molecule has 4 nitrogen and oxygen atoms in total. The van der Waals surface area contributed by atoms with Gasteiger partial charge in [0, 0.05) is 4.88 Å². The minimum absolute atomic E-state index is 0.698. The van der Waals surface area contributed by atoms with E-state index in [0.29, 0.717) is 5.82 Å². The van der Waals surface area contributed by atoms with Crippen LogP contribution < -0.4 is 5.73 Å². The molecule has 2 aromatic rings. The molecule has 0 atom stereocenters. The third kappa shape index (κ3) is 2.09. The van der Waals surface area contributed by atoms with E-state index in [4.69, 9.17) is 10.7 Å². The summed E-state index contributed by atoms with van der Waals surface area (Å²) in [5.74, 6) is 1.60. The Morgan fingerprint density at radius 3 is 2.70 bits per heavy atom. The van der Waals surface area contributed by atoms with Crippen LogP contribution in [0, 0.1) is 0 Å². The van der Waals surface area contributed by atoms with Crippen molar-refractivity contribution in [2.24, 2.45) is 0 Å². The molecule has 0 amide bonds. The van der Waals surface area contributed by atoms with Gasteiger partial charge in [0.2, 0.25) is 0 Å². The first kappa shape index (κ1) is 12.5. The number of aromatic nitrogens is 2. The van der Waals surface area contributed by atoms with E-state index in [9.17, 15) is 0 Å². The number of rotatable bonds is 2. The first-order chi connectivity index (χ1) is 9.81. The lowest BCUT2D eigenvalue weighted by atomic mass is 9.97. The van der Waals surface area contributed by atoms with Crippen molar-refractivity contribution in [2.45, 2.75) is 45.1 Å². The molecule has 1 fully saturated rings. The van der Waals surface area contributed by atoms with E-state index >= 15 is 0 Å². The van der Waals surface area contributed by atoms with Gasteiger partial charge in [-0.1, -0.05) is 0 Å². The predicted molar refractivity (Wildman–Crippen MR) is 83.0 cm³/mol. The highest BCUT2D eigenvalue weighted by Gasteiger charge is 2.21. The number of fused-ring (bicyclic) bond motifs is 3. The van der Waals surface area contributed by atoms with Crippen LogP contribution in [0.25, 0.3) is 10.2 Å². The van der Waals surface area contributed by atoms with Gasteiger partial charge in [0.25, 0.3) is 0 Å². The molecular weight excluding hydrogens is 268 g/mol. The summed E-state index contributed by atoms with van der Waals surface area (Å²) in [6.45, 7) is 3.19. The van der Waals surface area contributed by atoms with Crippen LogP contribution in [-0.2, 0) is 19.4 Å². The number of hydrogen-bond acceptors (Lipinski definition) is 5. The first-order valence-electron chi connectivity index (χ1n) is 7.60. The molecule has 5 heteroatoms. The Bertz CT molecular complexity index is 643. The molecule has 2 N–H and O–H groups in total. The minimum atomic E-state index is 0.698. The van der Waals surface area contributed by atoms with E-state index in [2.05, 4.69) is 9.88 Å². The quantitative estimate of drug-likeness (QED) is 0.923. The van der Waals surface area contributed by atoms with E-state index in [-0.39, 0.29) is 0 Å². The zero-order chi connectivity index (χ0) is 13.5. The van der Waals surface area contributed by atoms with Crippen LogP contribution in [0.3, 0.4) is 0 Å². The summed E-state index contributed by atoms with van der Waals surface area (Å²) in [6.07, 6.45) is 7.50. The van der Waals surface area contributed by atoms with Gasteiger partial charge >= 0.3 is 0 Å². The average molecular weight is 288 g/mol. The largest absolute Gasteiger partial charge is 0.383 e.